The molecule has 4 atom stereocenters. The van der Waals surface area contributed by atoms with E-state index in [2.05, 4.69) is 17.2 Å². The zero-order valence-corrected chi connectivity index (χ0v) is 34.9. The van der Waals surface area contributed by atoms with Crippen molar-refractivity contribution in [3.8, 4) is 11.5 Å². The van der Waals surface area contributed by atoms with E-state index in [0.717, 1.165) is 36.0 Å². The lowest BCUT2D eigenvalue weighted by molar-refractivity contribution is -0.121. The minimum atomic E-state index is -1.23. The van der Waals surface area contributed by atoms with Crippen molar-refractivity contribution in [3.63, 3.8) is 0 Å². The third-order valence-corrected chi connectivity index (χ3v) is 11.0. The van der Waals surface area contributed by atoms with Gasteiger partial charge in [0.25, 0.3) is 5.56 Å². The summed E-state index contributed by atoms with van der Waals surface area (Å²) < 4.78 is 31.8. The second kappa shape index (κ2) is 23.7. The van der Waals surface area contributed by atoms with Gasteiger partial charge in [-0.3, -0.25) is 19.1 Å². The Morgan fingerprint density at radius 2 is 1.32 bits per heavy atom. The van der Waals surface area contributed by atoms with Crippen molar-refractivity contribution >= 4 is 5.91 Å². The lowest BCUT2D eigenvalue weighted by atomic mass is 9.80. The second-order valence-electron chi connectivity index (χ2n) is 15.2. The van der Waals surface area contributed by atoms with Gasteiger partial charge in [0.05, 0.1) is 20.8 Å². The molecule has 1 aliphatic rings. The highest BCUT2D eigenvalue weighted by Crippen LogP contribution is 2.43. The van der Waals surface area contributed by atoms with Crippen LogP contribution < -0.4 is 26.0 Å². The number of benzene rings is 3. The monoisotopic (exact) mass is 813 g/mol. The molecule has 3 aromatic carbocycles. The number of nitrogens with zero attached hydrogens (tertiary/aromatic N) is 1. The highest BCUT2D eigenvalue weighted by atomic mass is 16.6. The average Bonchev–Trinajstić information content (AvgIpc) is 3.57. The van der Waals surface area contributed by atoms with Crippen molar-refractivity contribution in [2.24, 2.45) is 0 Å². The van der Waals surface area contributed by atoms with Crippen LogP contribution in [0.1, 0.15) is 113 Å². The highest BCUT2D eigenvalue weighted by Gasteiger charge is 2.48. The third-order valence-electron chi connectivity index (χ3n) is 11.0. The van der Waals surface area contributed by atoms with Crippen LogP contribution in [-0.2, 0) is 24.6 Å². The fourth-order valence-corrected chi connectivity index (χ4v) is 7.73. The number of aromatic nitrogens is 2. The Kier molecular flexibility index (Phi) is 18.2. The molecule has 1 saturated heterocycles. The number of aliphatic hydroxyl groups is 1. The first-order chi connectivity index (χ1) is 28.8. The molecule has 320 valence electrons. The van der Waals surface area contributed by atoms with E-state index in [1.807, 2.05) is 78.9 Å². The summed E-state index contributed by atoms with van der Waals surface area (Å²) >= 11 is 0. The van der Waals surface area contributed by atoms with Crippen LogP contribution in [0.4, 0.5) is 0 Å². The van der Waals surface area contributed by atoms with E-state index in [4.69, 9.17) is 23.7 Å². The molecule has 0 radical (unpaired) electrons. The van der Waals surface area contributed by atoms with Crippen molar-refractivity contribution < 1.29 is 33.6 Å². The molecule has 0 spiro atoms. The van der Waals surface area contributed by atoms with Gasteiger partial charge in [0.1, 0.15) is 35.4 Å². The van der Waals surface area contributed by atoms with Gasteiger partial charge in [-0.15, -0.1) is 0 Å². The van der Waals surface area contributed by atoms with Gasteiger partial charge >= 0.3 is 5.69 Å². The zero-order chi connectivity index (χ0) is 41.9. The molecule has 2 heterocycles. The van der Waals surface area contributed by atoms with Crippen molar-refractivity contribution in [3.05, 3.63) is 129 Å². The molecule has 5 rings (SSSR count). The summed E-state index contributed by atoms with van der Waals surface area (Å²) in [6.45, 7) is 2.71. The lowest BCUT2D eigenvalue weighted by Crippen LogP contribution is -2.41. The quantitative estimate of drug-likeness (QED) is 0.0435. The number of aliphatic hydroxyl groups excluding tert-OH is 1. The first-order valence-corrected chi connectivity index (χ1v) is 21.3. The van der Waals surface area contributed by atoms with Gasteiger partial charge < -0.3 is 34.1 Å². The Hall–Kier alpha value is -4.75. The summed E-state index contributed by atoms with van der Waals surface area (Å²) in [5.41, 5.74) is -0.0116. The number of carbonyl (C=O) groups excluding carboxylic acids is 1. The Morgan fingerprint density at radius 3 is 1.88 bits per heavy atom. The maximum Gasteiger partial charge on any atom is 0.330 e. The number of ether oxygens (including phenoxy) is 5. The highest BCUT2D eigenvalue weighted by molar-refractivity contribution is 5.75. The molecular weight excluding hydrogens is 751 g/mol. The Bertz CT molecular complexity index is 1880. The summed E-state index contributed by atoms with van der Waals surface area (Å²) in [5, 5.41) is 14.8. The number of unbranched alkanes of at least 4 members (excludes halogenated alkanes) is 10. The number of amides is 1. The zero-order valence-electron chi connectivity index (χ0n) is 34.9. The second-order valence-corrected chi connectivity index (χ2v) is 15.2. The number of H-pyrrole nitrogens is 1. The van der Waals surface area contributed by atoms with Gasteiger partial charge in [-0.05, 0) is 53.8 Å². The van der Waals surface area contributed by atoms with Crippen LogP contribution in [0, 0.1) is 0 Å². The maximum atomic E-state index is 13.0. The van der Waals surface area contributed by atoms with Gasteiger partial charge in [-0.25, -0.2) is 4.79 Å². The van der Waals surface area contributed by atoms with Crippen LogP contribution >= 0.6 is 0 Å². The largest absolute Gasteiger partial charge is 0.497 e. The van der Waals surface area contributed by atoms with Crippen molar-refractivity contribution in [2.45, 2.75) is 121 Å². The van der Waals surface area contributed by atoms with Crippen LogP contribution in [0.2, 0.25) is 0 Å². The normalized spacial score (nSPS) is 17.8. The van der Waals surface area contributed by atoms with Gasteiger partial charge in [0.2, 0.25) is 5.91 Å². The summed E-state index contributed by atoms with van der Waals surface area (Å²) in [5.74, 6) is 1.37. The maximum absolute atomic E-state index is 13.0. The van der Waals surface area contributed by atoms with E-state index in [1.165, 1.54) is 68.2 Å². The van der Waals surface area contributed by atoms with Gasteiger partial charge in [-0.1, -0.05) is 126 Å². The van der Waals surface area contributed by atoms with E-state index in [0.29, 0.717) is 30.9 Å². The van der Waals surface area contributed by atoms with E-state index in [1.54, 1.807) is 14.2 Å². The average molecular weight is 814 g/mol. The summed E-state index contributed by atoms with van der Waals surface area (Å²) in [6, 6.07) is 26.2. The standard InChI is InChI=1S/C47H63N3O9/c1-4-5-6-7-8-9-10-11-12-13-17-21-41(51)48-31-18-33-57-44-43(53)40(59-45(44)50-32-30-42(52)49-46(50)54)34-58-47(35-19-15-14-16-20-35,36-22-26-38(55-2)27-23-36)37-24-28-39(56-3)29-25-37/h14-16,19-20,22-30,32,40,43-45,53H,4-13,17-18,21,31,33-34H2,1-3H3,(H,48,51)(H,49,52,54)/t40-,43+,44?,45-/m1/s1. The number of nitrogens with one attached hydrogen (secondary N) is 2. The van der Waals surface area contributed by atoms with Crippen LogP contribution in [-0.4, -0.2) is 72.9 Å². The van der Waals surface area contributed by atoms with Gasteiger partial charge in [0, 0.05) is 31.8 Å². The van der Waals surface area contributed by atoms with Crippen LogP contribution in [0.25, 0.3) is 0 Å². The van der Waals surface area contributed by atoms with E-state index >= 15 is 0 Å². The molecular formula is C47H63N3O9. The molecule has 0 bridgehead atoms. The first kappa shape index (κ1) is 45.3. The smallest absolute Gasteiger partial charge is 0.330 e. The topological polar surface area (TPSA) is 150 Å². The summed E-state index contributed by atoms with van der Waals surface area (Å²) in [4.78, 5) is 39.8. The Balaban J connectivity index is 1.23. The molecule has 1 amide bonds. The minimum Gasteiger partial charge on any atom is -0.497 e. The number of hydrogen-bond acceptors (Lipinski definition) is 9. The van der Waals surface area contributed by atoms with Crippen LogP contribution in [0.3, 0.4) is 0 Å². The number of hydrogen-bond donors (Lipinski definition) is 3. The molecule has 0 saturated carbocycles. The van der Waals surface area contributed by atoms with Crippen LogP contribution in [0.15, 0.2) is 101 Å². The molecule has 1 aromatic heterocycles. The molecule has 3 N–H and O–H groups in total. The van der Waals surface area contributed by atoms with Crippen molar-refractivity contribution in [1.29, 1.82) is 0 Å². The molecule has 1 fully saturated rings. The van der Waals surface area contributed by atoms with Crippen molar-refractivity contribution in [2.75, 3.05) is 34.0 Å². The Labute approximate surface area is 348 Å². The minimum absolute atomic E-state index is 0.00987. The number of rotatable bonds is 26. The predicted octanol–water partition coefficient (Wildman–Crippen LogP) is 7.41. The number of aromatic amines is 1. The fourth-order valence-electron chi connectivity index (χ4n) is 7.73. The van der Waals surface area contributed by atoms with Crippen LogP contribution in [0.5, 0.6) is 11.5 Å². The third kappa shape index (κ3) is 12.6. The van der Waals surface area contributed by atoms with Gasteiger partial charge in [0.15, 0.2) is 6.23 Å². The molecule has 12 heteroatoms. The van der Waals surface area contributed by atoms with Gasteiger partial charge in [-0.2, -0.15) is 0 Å². The van der Waals surface area contributed by atoms with E-state index in [9.17, 15) is 19.5 Å². The van der Waals surface area contributed by atoms with E-state index < -0.39 is 41.4 Å². The summed E-state index contributed by atoms with van der Waals surface area (Å²) in [7, 11) is 3.22. The predicted molar refractivity (Wildman–Crippen MR) is 228 cm³/mol. The molecule has 12 nitrogen and oxygen atoms in total. The van der Waals surface area contributed by atoms with Crippen molar-refractivity contribution in [1.82, 2.24) is 14.9 Å². The molecule has 4 aromatic rings. The molecule has 1 unspecified atom stereocenters. The first-order valence-electron chi connectivity index (χ1n) is 21.3. The lowest BCUT2D eigenvalue weighted by Gasteiger charge is -2.37. The van der Waals surface area contributed by atoms with E-state index in [-0.39, 0.29) is 19.1 Å². The Morgan fingerprint density at radius 1 is 0.763 bits per heavy atom. The number of methoxy groups -OCH3 is 2. The SMILES string of the molecule is CCCCCCCCCCCCCC(=O)NCCCOC1[C@@H](O)[C@@H](COC(c2ccccc2)(c2ccc(OC)cc2)c2ccc(OC)cc2)O[C@H]1n1ccc(=O)[nH]c1=O. The molecule has 1 aliphatic heterocycles. The molecule has 59 heavy (non-hydrogen) atoms. The molecule has 0 aliphatic carbocycles. The summed E-state index contributed by atoms with van der Waals surface area (Å²) in [6.07, 6.45) is 11.5. The fraction of sp³-hybridized carbons (Fsp3) is 0.511. The number of carbonyl (C=O) groups is 1.